The van der Waals surface area contributed by atoms with Gasteiger partial charge in [0.2, 0.25) is 0 Å². The number of hydrogen-bond acceptors (Lipinski definition) is 2. The Bertz CT molecular complexity index is 2180. The lowest BCUT2D eigenvalue weighted by Gasteiger charge is -2.04. The maximum atomic E-state index is 13.5. The van der Waals surface area contributed by atoms with E-state index >= 15 is 0 Å². The summed E-state index contributed by atoms with van der Waals surface area (Å²) in [5, 5.41) is 11.6. The number of hydrogen-bond donors (Lipinski definition) is 1. The number of aryl methyl sites for hydroxylation is 1. The molecule has 6 nitrogen and oxygen atoms in total. The Hall–Kier alpha value is -5.36. The lowest BCUT2D eigenvalue weighted by molar-refractivity contribution is 0.827. The van der Waals surface area contributed by atoms with Crippen LogP contribution in [-0.2, 0) is 6.54 Å². The van der Waals surface area contributed by atoms with Gasteiger partial charge in [0, 0.05) is 45.7 Å². The van der Waals surface area contributed by atoms with Crippen molar-refractivity contribution in [3.63, 3.8) is 0 Å². The first-order chi connectivity index (χ1) is 19.6. The highest BCUT2D eigenvalue weighted by Gasteiger charge is 2.16. The zero-order valence-corrected chi connectivity index (χ0v) is 22.1. The van der Waals surface area contributed by atoms with E-state index in [1.807, 2.05) is 77.6 Å². The Morgan fingerprint density at radius 2 is 1.50 bits per heavy atom. The number of fused-ring (bicyclic) bond motifs is 3. The number of nitrogens with zero attached hydrogens (tertiary/aromatic N) is 4. The van der Waals surface area contributed by atoms with Crippen molar-refractivity contribution in [3.05, 3.63) is 136 Å². The molecule has 0 spiro atoms. The molecule has 0 aliphatic heterocycles. The number of rotatable bonds is 5. The Kier molecular flexibility index (Phi) is 5.60. The zero-order valence-electron chi connectivity index (χ0n) is 22.1. The molecule has 0 bridgehead atoms. The van der Waals surface area contributed by atoms with Gasteiger partial charge < -0.3 is 4.57 Å². The van der Waals surface area contributed by atoms with E-state index in [4.69, 9.17) is 5.10 Å². The number of benzene rings is 4. The van der Waals surface area contributed by atoms with Crippen molar-refractivity contribution in [3.8, 4) is 22.6 Å². The van der Waals surface area contributed by atoms with Crippen molar-refractivity contribution in [2.75, 3.05) is 0 Å². The van der Waals surface area contributed by atoms with Gasteiger partial charge in [0.25, 0.3) is 5.56 Å². The summed E-state index contributed by atoms with van der Waals surface area (Å²) < 4.78 is 5.73. The standard InChI is InChI=1S/C34H27N5O/c1-3-37-31-17-11-10-16-28(31)30-20-24(18-19-32(30)37)33-25(22-38(36-33)26-12-6-4-7-13-26)21-29-23(2)35-39(34(29)40)27-14-8-5-9-15-27/h4-22,35H,2-3H2,1H3/b29-21+. The van der Waals surface area contributed by atoms with E-state index in [1.165, 1.54) is 26.5 Å². The first-order valence-corrected chi connectivity index (χ1v) is 13.4. The molecule has 4 aromatic carbocycles. The van der Waals surface area contributed by atoms with Crippen molar-refractivity contribution in [2.45, 2.75) is 13.5 Å². The van der Waals surface area contributed by atoms with E-state index < -0.39 is 0 Å². The Balaban J connectivity index is 1.47. The molecule has 0 atom stereocenters. The lowest BCUT2D eigenvalue weighted by atomic mass is 10.0. The number of H-pyrrole nitrogens is 1. The second kappa shape index (κ2) is 9.43. The Morgan fingerprint density at radius 1 is 0.825 bits per heavy atom. The fourth-order valence-corrected chi connectivity index (χ4v) is 5.53. The average molecular weight is 522 g/mol. The van der Waals surface area contributed by atoms with E-state index in [-0.39, 0.29) is 5.56 Å². The number of aromatic nitrogens is 5. The largest absolute Gasteiger partial charge is 0.341 e. The van der Waals surface area contributed by atoms with Crippen LogP contribution in [0.3, 0.4) is 0 Å². The minimum Gasteiger partial charge on any atom is -0.341 e. The van der Waals surface area contributed by atoms with E-state index in [9.17, 15) is 4.79 Å². The first-order valence-electron chi connectivity index (χ1n) is 13.4. The highest BCUT2D eigenvalue weighted by Crippen LogP contribution is 2.33. The van der Waals surface area contributed by atoms with Crippen LogP contribution in [0.2, 0.25) is 0 Å². The third-order valence-corrected chi connectivity index (χ3v) is 7.44. The summed E-state index contributed by atoms with van der Waals surface area (Å²) in [4.78, 5) is 13.5. The molecule has 0 aliphatic carbocycles. The summed E-state index contributed by atoms with van der Waals surface area (Å²) in [5.41, 5.74) is 6.57. The molecule has 40 heavy (non-hydrogen) atoms. The van der Waals surface area contributed by atoms with Crippen LogP contribution in [0.1, 0.15) is 12.5 Å². The summed E-state index contributed by atoms with van der Waals surface area (Å²) in [6.07, 6.45) is 3.87. The maximum absolute atomic E-state index is 13.5. The van der Waals surface area contributed by atoms with Crippen LogP contribution in [0.15, 0.2) is 114 Å². The summed E-state index contributed by atoms with van der Waals surface area (Å²) in [7, 11) is 0. The van der Waals surface area contributed by atoms with Gasteiger partial charge in [0.05, 0.1) is 27.6 Å². The number of aromatic amines is 1. The van der Waals surface area contributed by atoms with Gasteiger partial charge >= 0.3 is 0 Å². The third kappa shape index (κ3) is 3.81. The summed E-state index contributed by atoms with van der Waals surface area (Å²) in [6.45, 7) is 7.20. The predicted molar refractivity (Wildman–Crippen MR) is 162 cm³/mol. The molecule has 7 aromatic rings. The van der Waals surface area contributed by atoms with Crippen LogP contribution in [0.25, 0.3) is 57.1 Å². The average Bonchev–Trinajstić information content (AvgIpc) is 3.66. The van der Waals surface area contributed by atoms with Gasteiger partial charge in [-0.3, -0.25) is 9.89 Å². The summed E-state index contributed by atoms with van der Waals surface area (Å²) in [5.74, 6) is 0. The van der Waals surface area contributed by atoms with Crippen molar-refractivity contribution in [1.82, 2.24) is 24.1 Å². The van der Waals surface area contributed by atoms with Gasteiger partial charge in [0.1, 0.15) is 0 Å². The van der Waals surface area contributed by atoms with Gasteiger partial charge in [-0.2, -0.15) is 5.10 Å². The molecule has 0 saturated heterocycles. The minimum atomic E-state index is -0.156. The van der Waals surface area contributed by atoms with Gasteiger partial charge in [-0.25, -0.2) is 9.36 Å². The summed E-state index contributed by atoms with van der Waals surface area (Å²) in [6, 6.07) is 34.5. The molecule has 0 aliphatic rings. The molecule has 194 valence electrons. The quantitative estimate of drug-likeness (QED) is 0.330. The molecule has 6 heteroatoms. The third-order valence-electron chi connectivity index (χ3n) is 7.44. The van der Waals surface area contributed by atoms with Crippen molar-refractivity contribution in [2.24, 2.45) is 0 Å². The fraction of sp³-hybridized carbons (Fsp3) is 0.0588. The molecule has 3 heterocycles. The van der Waals surface area contributed by atoms with Crippen molar-refractivity contribution < 1.29 is 0 Å². The molecule has 0 unspecified atom stereocenters. The number of para-hydroxylation sites is 3. The van der Waals surface area contributed by atoms with E-state index in [0.717, 1.165) is 34.7 Å². The van der Waals surface area contributed by atoms with Crippen molar-refractivity contribution in [1.29, 1.82) is 0 Å². The lowest BCUT2D eigenvalue weighted by Crippen LogP contribution is -2.33. The van der Waals surface area contributed by atoms with Crippen LogP contribution >= 0.6 is 0 Å². The van der Waals surface area contributed by atoms with E-state index in [0.29, 0.717) is 10.6 Å². The fourth-order valence-electron chi connectivity index (χ4n) is 5.53. The molecule has 3 aromatic heterocycles. The summed E-state index contributed by atoms with van der Waals surface area (Å²) >= 11 is 0. The van der Waals surface area contributed by atoms with Gasteiger partial charge in [-0.05, 0) is 55.5 Å². The van der Waals surface area contributed by atoms with Crippen LogP contribution < -0.4 is 16.1 Å². The van der Waals surface area contributed by atoms with Crippen LogP contribution in [0.5, 0.6) is 0 Å². The van der Waals surface area contributed by atoms with E-state index in [2.05, 4.69) is 65.6 Å². The smallest absolute Gasteiger partial charge is 0.279 e. The molecule has 7 rings (SSSR count). The molecular weight excluding hydrogens is 494 g/mol. The zero-order chi connectivity index (χ0) is 27.2. The molecule has 0 radical (unpaired) electrons. The second-order valence-electron chi connectivity index (χ2n) is 9.83. The maximum Gasteiger partial charge on any atom is 0.279 e. The van der Waals surface area contributed by atoms with E-state index in [1.54, 1.807) is 0 Å². The van der Waals surface area contributed by atoms with Gasteiger partial charge in [-0.15, -0.1) is 0 Å². The second-order valence-corrected chi connectivity index (χ2v) is 9.83. The monoisotopic (exact) mass is 521 g/mol. The molecular formula is C34H27N5O. The first kappa shape index (κ1) is 23.7. The van der Waals surface area contributed by atoms with Gasteiger partial charge in [0.15, 0.2) is 0 Å². The van der Waals surface area contributed by atoms with Gasteiger partial charge in [-0.1, -0.05) is 67.2 Å². The Morgan fingerprint density at radius 3 is 2.25 bits per heavy atom. The highest BCUT2D eigenvalue weighted by atomic mass is 16.1. The van der Waals surface area contributed by atoms with Crippen LogP contribution in [0, 0.1) is 0 Å². The normalized spacial score (nSPS) is 12.1. The molecule has 0 amide bonds. The highest BCUT2D eigenvalue weighted by molar-refractivity contribution is 6.09. The minimum absolute atomic E-state index is 0.156. The van der Waals surface area contributed by atoms with Crippen LogP contribution in [0.4, 0.5) is 0 Å². The molecule has 0 saturated carbocycles. The number of nitrogens with one attached hydrogen (secondary N) is 1. The predicted octanol–water partition coefficient (Wildman–Crippen LogP) is 5.39. The van der Waals surface area contributed by atoms with Crippen molar-refractivity contribution >= 4 is 34.5 Å². The molecule has 1 N–H and O–H groups in total. The SMILES string of the molecule is C=c1[nH]n(-c2ccccc2)c(=O)/c1=C/c1cn(-c2ccccc2)nc1-c1ccc2c(c1)c1ccccc1n2CC. The van der Waals surface area contributed by atoms with Crippen LogP contribution in [-0.4, -0.2) is 24.1 Å². The molecule has 0 fully saturated rings. The Labute approximate surface area is 230 Å². The topological polar surface area (TPSA) is 60.5 Å².